The molecule has 1 aliphatic rings. The van der Waals surface area contributed by atoms with Crippen molar-refractivity contribution in [3.05, 3.63) is 35.6 Å². The number of likely N-dealkylation sites (tertiary alicyclic amines) is 1. The summed E-state index contributed by atoms with van der Waals surface area (Å²) in [6.45, 7) is 2.46. The molecule has 0 atom stereocenters. The van der Waals surface area contributed by atoms with Crippen LogP contribution in [0.1, 0.15) is 24.8 Å². The first-order valence-corrected chi connectivity index (χ1v) is 7.66. The van der Waals surface area contributed by atoms with E-state index in [1.807, 2.05) is 4.90 Å². The van der Waals surface area contributed by atoms with Crippen molar-refractivity contribution in [3.8, 4) is 0 Å². The molecule has 2 rings (SSSR count). The zero-order valence-electron chi connectivity index (χ0n) is 13.3. The standard InChI is InChI=1S/C16H23FN4O.HI/c1-18-16(19-11-13-5-7-14(17)8-6-13)20-12-15(22)21-9-3-2-4-10-21;/h5-8H,2-4,9-12H2,1H3,(H2,18,19,20);1H. The number of benzene rings is 1. The molecular weight excluding hydrogens is 410 g/mol. The van der Waals surface area contributed by atoms with Gasteiger partial charge in [0, 0.05) is 26.7 Å². The van der Waals surface area contributed by atoms with Gasteiger partial charge in [-0.1, -0.05) is 12.1 Å². The second-order valence-electron chi connectivity index (χ2n) is 5.35. The van der Waals surface area contributed by atoms with Crippen LogP contribution in [0, 0.1) is 5.82 Å². The minimum absolute atomic E-state index is 0. The van der Waals surface area contributed by atoms with Crippen molar-refractivity contribution in [2.45, 2.75) is 25.8 Å². The van der Waals surface area contributed by atoms with E-state index in [1.54, 1.807) is 19.2 Å². The van der Waals surface area contributed by atoms with Crippen LogP contribution < -0.4 is 10.6 Å². The lowest BCUT2D eigenvalue weighted by Gasteiger charge is -2.27. The quantitative estimate of drug-likeness (QED) is 0.434. The van der Waals surface area contributed by atoms with E-state index >= 15 is 0 Å². The number of rotatable bonds is 4. The lowest BCUT2D eigenvalue weighted by atomic mass is 10.1. The summed E-state index contributed by atoms with van der Waals surface area (Å²) in [7, 11) is 1.66. The molecule has 7 heteroatoms. The Morgan fingerprint density at radius 3 is 2.43 bits per heavy atom. The Labute approximate surface area is 153 Å². The maximum atomic E-state index is 12.8. The number of carbonyl (C=O) groups excluding carboxylic acids is 1. The summed E-state index contributed by atoms with van der Waals surface area (Å²) in [5.41, 5.74) is 0.951. The number of halogens is 2. The number of nitrogens with one attached hydrogen (secondary N) is 2. The molecule has 0 radical (unpaired) electrons. The van der Waals surface area contributed by atoms with Gasteiger partial charge in [-0.05, 0) is 37.0 Å². The van der Waals surface area contributed by atoms with Crippen molar-refractivity contribution in [2.75, 3.05) is 26.7 Å². The van der Waals surface area contributed by atoms with Crippen molar-refractivity contribution in [1.82, 2.24) is 15.5 Å². The maximum Gasteiger partial charge on any atom is 0.241 e. The highest BCUT2D eigenvalue weighted by molar-refractivity contribution is 14.0. The van der Waals surface area contributed by atoms with Gasteiger partial charge in [0.1, 0.15) is 5.82 Å². The number of guanidine groups is 1. The monoisotopic (exact) mass is 434 g/mol. The van der Waals surface area contributed by atoms with Crippen LogP contribution in [0.4, 0.5) is 4.39 Å². The van der Waals surface area contributed by atoms with Gasteiger partial charge >= 0.3 is 0 Å². The Hall–Kier alpha value is -1.38. The molecule has 1 saturated heterocycles. The number of amides is 1. The van der Waals surface area contributed by atoms with Crippen molar-refractivity contribution < 1.29 is 9.18 Å². The van der Waals surface area contributed by atoms with Crippen molar-refractivity contribution in [2.24, 2.45) is 4.99 Å². The molecule has 1 fully saturated rings. The molecule has 0 unspecified atom stereocenters. The van der Waals surface area contributed by atoms with E-state index in [1.165, 1.54) is 18.6 Å². The van der Waals surface area contributed by atoms with E-state index in [0.717, 1.165) is 31.5 Å². The summed E-state index contributed by atoms with van der Waals surface area (Å²) in [6, 6.07) is 6.28. The zero-order chi connectivity index (χ0) is 15.8. The van der Waals surface area contributed by atoms with E-state index in [9.17, 15) is 9.18 Å². The number of aliphatic imine (C=N–C) groups is 1. The number of carbonyl (C=O) groups is 1. The fourth-order valence-electron chi connectivity index (χ4n) is 2.42. The Morgan fingerprint density at radius 1 is 1.17 bits per heavy atom. The minimum atomic E-state index is -0.251. The van der Waals surface area contributed by atoms with Crippen LogP contribution in [0.25, 0.3) is 0 Å². The van der Waals surface area contributed by atoms with Gasteiger partial charge < -0.3 is 15.5 Å². The lowest BCUT2D eigenvalue weighted by molar-refractivity contribution is -0.130. The van der Waals surface area contributed by atoms with Crippen LogP contribution >= 0.6 is 24.0 Å². The van der Waals surface area contributed by atoms with Crippen LogP contribution in [-0.2, 0) is 11.3 Å². The molecule has 1 aromatic carbocycles. The van der Waals surface area contributed by atoms with E-state index in [0.29, 0.717) is 12.5 Å². The van der Waals surface area contributed by atoms with Gasteiger partial charge in [0.2, 0.25) is 5.91 Å². The number of nitrogens with zero attached hydrogens (tertiary/aromatic N) is 2. The van der Waals surface area contributed by atoms with E-state index in [-0.39, 0.29) is 42.2 Å². The number of hydrogen-bond donors (Lipinski definition) is 2. The smallest absolute Gasteiger partial charge is 0.241 e. The summed E-state index contributed by atoms with van der Waals surface area (Å²) in [4.78, 5) is 18.0. The fourth-order valence-corrected chi connectivity index (χ4v) is 2.42. The van der Waals surface area contributed by atoms with Gasteiger partial charge in [-0.3, -0.25) is 9.79 Å². The maximum absolute atomic E-state index is 12.8. The van der Waals surface area contributed by atoms with Gasteiger partial charge in [0.05, 0.1) is 6.54 Å². The van der Waals surface area contributed by atoms with Crippen LogP contribution in [0.3, 0.4) is 0 Å². The topological polar surface area (TPSA) is 56.7 Å². The summed E-state index contributed by atoms with van der Waals surface area (Å²) >= 11 is 0. The third kappa shape index (κ3) is 6.72. The summed E-state index contributed by atoms with van der Waals surface area (Å²) in [6.07, 6.45) is 3.38. The van der Waals surface area contributed by atoms with Crippen LogP contribution in [0.2, 0.25) is 0 Å². The minimum Gasteiger partial charge on any atom is -0.352 e. The molecule has 0 saturated carbocycles. The first kappa shape index (κ1) is 19.7. The fraction of sp³-hybridized carbons (Fsp3) is 0.500. The molecule has 23 heavy (non-hydrogen) atoms. The third-order valence-electron chi connectivity index (χ3n) is 3.71. The van der Waals surface area contributed by atoms with E-state index in [2.05, 4.69) is 15.6 Å². The SMILES string of the molecule is CN=C(NCC(=O)N1CCCCC1)NCc1ccc(F)cc1.I. The highest BCUT2D eigenvalue weighted by Gasteiger charge is 2.16. The van der Waals surface area contributed by atoms with E-state index < -0.39 is 0 Å². The Bertz CT molecular complexity index is 515. The highest BCUT2D eigenvalue weighted by atomic mass is 127. The average Bonchev–Trinajstić information content (AvgIpc) is 2.57. The first-order valence-electron chi connectivity index (χ1n) is 7.66. The molecule has 1 aromatic rings. The molecule has 0 aliphatic carbocycles. The number of hydrogen-bond acceptors (Lipinski definition) is 2. The molecule has 2 N–H and O–H groups in total. The largest absolute Gasteiger partial charge is 0.352 e. The van der Waals surface area contributed by atoms with E-state index in [4.69, 9.17) is 0 Å². The van der Waals surface area contributed by atoms with Gasteiger partial charge in [0.25, 0.3) is 0 Å². The summed E-state index contributed by atoms with van der Waals surface area (Å²) in [5.74, 6) is 0.414. The predicted molar refractivity (Wildman–Crippen MR) is 100 cm³/mol. The number of piperidine rings is 1. The summed E-state index contributed by atoms with van der Waals surface area (Å²) in [5, 5.41) is 6.13. The molecule has 1 heterocycles. The van der Waals surface area contributed by atoms with Crippen molar-refractivity contribution >= 4 is 35.8 Å². The Morgan fingerprint density at radius 2 is 1.83 bits per heavy atom. The molecule has 0 bridgehead atoms. The normalized spacial score (nSPS) is 14.9. The lowest BCUT2D eigenvalue weighted by Crippen LogP contribution is -2.45. The molecule has 0 spiro atoms. The third-order valence-corrected chi connectivity index (χ3v) is 3.71. The zero-order valence-corrected chi connectivity index (χ0v) is 15.7. The molecular formula is C16H24FIN4O. The average molecular weight is 434 g/mol. The predicted octanol–water partition coefficient (Wildman–Crippen LogP) is 2.12. The van der Waals surface area contributed by atoms with Crippen LogP contribution in [-0.4, -0.2) is 43.4 Å². The van der Waals surface area contributed by atoms with Gasteiger partial charge in [-0.2, -0.15) is 0 Å². The van der Waals surface area contributed by atoms with Gasteiger partial charge in [-0.25, -0.2) is 4.39 Å². The molecule has 0 aromatic heterocycles. The molecule has 5 nitrogen and oxygen atoms in total. The van der Waals surface area contributed by atoms with Gasteiger partial charge in [0.15, 0.2) is 5.96 Å². The summed E-state index contributed by atoms with van der Waals surface area (Å²) < 4.78 is 12.8. The second kappa shape index (κ2) is 10.4. The van der Waals surface area contributed by atoms with Crippen molar-refractivity contribution in [1.29, 1.82) is 0 Å². The molecule has 1 aliphatic heterocycles. The van der Waals surface area contributed by atoms with Gasteiger partial charge in [-0.15, -0.1) is 24.0 Å². The second-order valence-corrected chi connectivity index (χ2v) is 5.35. The molecule has 1 amide bonds. The molecule has 128 valence electrons. The van der Waals surface area contributed by atoms with Crippen LogP contribution in [0.15, 0.2) is 29.3 Å². The van der Waals surface area contributed by atoms with Crippen LogP contribution in [0.5, 0.6) is 0 Å². The highest BCUT2D eigenvalue weighted by Crippen LogP contribution is 2.08. The Balaban J connectivity index is 0.00000264. The van der Waals surface area contributed by atoms with Crippen molar-refractivity contribution in [3.63, 3.8) is 0 Å². The first-order chi connectivity index (χ1) is 10.7. The Kier molecular flexibility index (Phi) is 8.90.